The molecule has 0 radical (unpaired) electrons. The van der Waals surface area contributed by atoms with Crippen LogP contribution in [-0.2, 0) is 22.7 Å². The number of piperazine rings is 1. The summed E-state index contributed by atoms with van der Waals surface area (Å²) in [6, 6.07) is 7.67. The van der Waals surface area contributed by atoms with Gasteiger partial charge in [0.2, 0.25) is 11.8 Å². The molecular weight excluding hydrogens is 350 g/mol. The molecule has 1 aromatic heterocycles. The molecule has 0 spiro atoms. The maximum absolute atomic E-state index is 12.3. The molecule has 1 fully saturated rings. The SMILES string of the molecule is Cc1nnc(CNC(=O)C[C@@H]2C(=O)NCCN2Cc2ccccc2C)s1. The van der Waals surface area contributed by atoms with E-state index in [4.69, 9.17) is 0 Å². The maximum Gasteiger partial charge on any atom is 0.237 e. The number of carbonyl (C=O) groups is 2. The molecule has 0 aliphatic carbocycles. The van der Waals surface area contributed by atoms with Gasteiger partial charge in [-0.25, -0.2) is 0 Å². The Kier molecular flexibility index (Phi) is 5.95. The van der Waals surface area contributed by atoms with Crippen molar-refractivity contribution in [1.29, 1.82) is 0 Å². The van der Waals surface area contributed by atoms with Crippen molar-refractivity contribution >= 4 is 23.2 Å². The highest BCUT2D eigenvalue weighted by Crippen LogP contribution is 2.16. The van der Waals surface area contributed by atoms with E-state index in [1.807, 2.05) is 19.1 Å². The van der Waals surface area contributed by atoms with Gasteiger partial charge in [-0.1, -0.05) is 35.6 Å². The minimum Gasteiger partial charge on any atom is -0.353 e. The van der Waals surface area contributed by atoms with Gasteiger partial charge in [0.1, 0.15) is 10.0 Å². The van der Waals surface area contributed by atoms with Crippen LogP contribution in [0.15, 0.2) is 24.3 Å². The van der Waals surface area contributed by atoms with Crippen molar-refractivity contribution in [2.45, 2.75) is 39.4 Å². The van der Waals surface area contributed by atoms with Gasteiger partial charge in [0.25, 0.3) is 0 Å². The van der Waals surface area contributed by atoms with Crippen LogP contribution in [0.4, 0.5) is 0 Å². The van der Waals surface area contributed by atoms with Crippen molar-refractivity contribution in [2.24, 2.45) is 0 Å². The van der Waals surface area contributed by atoms with Crippen molar-refractivity contribution < 1.29 is 9.59 Å². The quantitative estimate of drug-likeness (QED) is 0.793. The number of benzene rings is 1. The van der Waals surface area contributed by atoms with Crippen LogP contribution in [0.3, 0.4) is 0 Å². The lowest BCUT2D eigenvalue weighted by molar-refractivity contribution is -0.134. The number of carbonyl (C=O) groups excluding carboxylic acids is 2. The van der Waals surface area contributed by atoms with Crippen LogP contribution in [0.25, 0.3) is 0 Å². The third-order valence-electron chi connectivity index (χ3n) is 4.46. The van der Waals surface area contributed by atoms with Crippen molar-refractivity contribution in [3.63, 3.8) is 0 Å². The molecular formula is C18H23N5O2S. The van der Waals surface area contributed by atoms with E-state index < -0.39 is 6.04 Å². The first-order valence-electron chi connectivity index (χ1n) is 8.65. The van der Waals surface area contributed by atoms with Gasteiger partial charge >= 0.3 is 0 Å². The molecule has 138 valence electrons. The third kappa shape index (κ3) is 4.64. The number of rotatable bonds is 6. The zero-order valence-corrected chi connectivity index (χ0v) is 15.8. The molecule has 1 aromatic carbocycles. The largest absolute Gasteiger partial charge is 0.353 e. The van der Waals surface area contributed by atoms with Gasteiger partial charge in [-0.2, -0.15) is 0 Å². The lowest BCUT2D eigenvalue weighted by Gasteiger charge is -2.35. The maximum atomic E-state index is 12.3. The molecule has 0 unspecified atom stereocenters. The minimum atomic E-state index is -0.459. The van der Waals surface area contributed by atoms with Crippen molar-refractivity contribution in [3.8, 4) is 0 Å². The number of hydrogen-bond acceptors (Lipinski definition) is 6. The third-order valence-corrected chi connectivity index (χ3v) is 5.30. The zero-order chi connectivity index (χ0) is 18.5. The van der Waals surface area contributed by atoms with Gasteiger partial charge in [-0.15, -0.1) is 10.2 Å². The van der Waals surface area contributed by atoms with E-state index in [2.05, 4.69) is 44.8 Å². The molecule has 7 nitrogen and oxygen atoms in total. The first-order chi connectivity index (χ1) is 12.5. The molecule has 1 aliphatic rings. The topological polar surface area (TPSA) is 87.2 Å². The summed E-state index contributed by atoms with van der Waals surface area (Å²) < 4.78 is 0. The second-order valence-corrected chi connectivity index (χ2v) is 7.67. The summed E-state index contributed by atoms with van der Waals surface area (Å²) in [6.45, 7) is 6.27. The van der Waals surface area contributed by atoms with Crippen LogP contribution < -0.4 is 10.6 Å². The van der Waals surface area contributed by atoms with E-state index in [-0.39, 0.29) is 18.2 Å². The van der Waals surface area contributed by atoms with Gasteiger partial charge in [-0.3, -0.25) is 14.5 Å². The van der Waals surface area contributed by atoms with Crippen molar-refractivity contribution in [2.75, 3.05) is 13.1 Å². The first-order valence-corrected chi connectivity index (χ1v) is 9.46. The fraction of sp³-hybridized carbons (Fsp3) is 0.444. The van der Waals surface area contributed by atoms with Crippen molar-refractivity contribution in [1.82, 2.24) is 25.7 Å². The second kappa shape index (κ2) is 8.37. The van der Waals surface area contributed by atoms with E-state index in [1.165, 1.54) is 22.5 Å². The van der Waals surface area contributed by atoms with E-state index in [0.717, 1.165) is 16.6 Å². The number of aryl methyl sites for hydroxylation is 2. The number of amides is 2. The van der Waals surface area contributed by atoms with Crippen LogP contribution >= 0.6 is 11.3 Å². The highest BCUT2D eigenvalue weighted by molar-refractivity contribution is 7.11. The van der Waals surface area contributed by atoms with E-state index in [1.54, 1.807) is 0 Å². The van der Waals surface area contributed by atoms with Gasteiger partial charge in [0.05, 0.1) is 19.0 Å². The number of hydrogen-bond donors (Lipinski definition) is 2. The Morgan fingerprint density at radius 1 is 1.35 bits per heavy atom. The number of aromatic nitrogens is 2. The molecule has 0 bridgehead atoms. The molecule has 2 heterocycles. The second-order valence-electron chi connectivity index (χ2n) is 6.40. The van der Waals surface area contributed by atoms with Crippen LogP contribution in [-0.4, -0.2) is 46.0 Å². The highest BCUT2D eigenvalue weighted by atomic mass is 32.1. The fourth-order valence-electron chi connectivity index (χ4n) is 3.01. The molecule has 3 rings (SSSR count). The Morgan fingerprint density at radius 2 is 2.15 bits per heavy atom. The van der Waals surface area contributed by atoms with E-state index in [9.17, 15) is 9.59 Å². The monoisotopic (exact) mass is 373 g/mol. The first kappa shape index (κ1) is 18.5. The summed E-state index contributed by atoms with van der Waals surface area (Å²) >= 11 is 1.45. The molecule has 2 amide bonds. The molecule has 1 aliphatic heterocycles. The zero-order valence-electron chi connectivity index (χ0n) is 15.0. The van der Waals surface area contributed by atoms with Gasteiger partial charge in [-0.05, 0) is 25.0 Å². The summed E-state index contributed by atoms with van der Waals surface area (Å²) in [7, 11) is 0. The van der Waals surface area contributed by atoms with Gasteiger partial charge in [0.15, 0.2) is 0 Å². The molecule has 8 heteroatoms. The molecule has 26 heavy (non-hydrogen) atoms. The number of nitrogens with one attached hydrogen (secondary N) is 2. The standard InChI is InChI=1S/C18H23N5O2S/c1-12-5-3-4-6-14(12)11-23-8-7-19-18(25)15(23)9-16(24)20-10-17-22-21-13(2)26-17/h3-6,15H,7-11H2,1-2H3,(H,19,25)(H,20,24)/t15-/m1/s1. The van der Waals surface area contributed by atoms with Crippen LogP contribution in [0.5, 0.6) is 0 Å². The Labute approximate surface area is 156 Å². The Morgan fingerprint density at radius 3 is 2.88 bits per heavy atom. The molecule has 1 saturated heterocycles. The minimum absolute atomic E-state index is 0.0910. The fourth-order valence-corrected chi connectivity index (χ4v) is 3.66. The van der Waals surface area contributed by atoms with E-state index >= 15 is 0 Å². The average Bonchev–Trinajstić information content (AvgIpc) is 3.03. The molecule has 1 atom stereocenters. The lowest BCUT2D eigenvalue weighted by atomic mass is 10.0. The van der Waals surface area contributed by atoms with Crippen LogP contribution in [0, 0.1) is 13.8 Å². The molecule has 2 N–H and O–H groups in total. The highest BCUT2D eigenvalue weighted by Gasteiger charge is 2.31. The number of nitrogens with zero attached hydrogens (tertiary/aromatic N) is 3. The lowest BCUT2D eigenvalue weighted by Crippen LogP contribution is -2.56. The Bertz CT molecular complexity index is 791. The Hall–Kier alpha value is -2.32. The summed E-state index contributed by atoms with van der Waals surface area (Å²) in [5.41, 5.74) is 2.37. The molecule has 2 aromatic rings. The smallest absolute Gasteiger partial charge is 0.237 e. The van der Waals surface area contributed by atoms with E-state index in [0.29, 0.717) is 19.6 Å². The Balaban J connectivity index is 1.61. The van der Waals surface area contributed by atoms with Crippen LogP contribution in [0.2, 0.25) is 0 Å². The van der Waals surface area contributed by atoms with Gasteiger partial charge < -0.3 is 10.6 Å². The molecule has 0 saturated carbocycles. The summed E-state index contributed by atoms with van der Waals surface area (Å²) in [5, 5.41) is 15.3. The average molecular weight is 373 g/mol. The predicted molar refractivity (Wildman–Crippen MR) is 99.5 cm³/mol. The summed E-state index contributed by atoms with van der Waals surface area (Å²) in [5.74, 6) is -0.249. The normalized spacial score (nSPS) is 17.8. The van der Waals surface area contributed by atoms with Crippen LogP contribution in [0.1, 0.15) is 27.6 Å². The predicted octanol–water partition coefficient (Wildman–Crippen LogP) is 1.16. The van der Waals surface area contributed by atoms with Crippen molar-refractivity contribution in [3.05, 3.63) is 45.4 Å². The summed E-state index contributed by atoms with van der Waals surface area (Å²) in [4.78, 5) is 26.8. The van der Waals surface area contributed by atoms with Gasteiger partial charge in [0, 0.05) is 19.6 Å². The summed E-state index contributed by atoms with van der Waals surface area (Å²) in [6.07, 6.45) is 0.134.